The standard InChI is InChI=1S/C15H14O2Si/c1-15-14(18(15)11-7-3-2-4-8-11)16-12-9-5-6-10-13(12)17-15/h2-10,14,18H,1H3. The minimum atomic E-state index is -1.19. The fraction of sp³-hybridized carbons (Fsp3) is 0.200. The number of hydrogen-bond donors (Lipinski definition) is 0. The van der Waals surface area contributed by atoms with Crippen molar-refractivity contribution in [1.29, 1.82) is 0 Å². The fourth-order valence-electron chi connectivity index (χ4n) is 2.93. The van der Waals surface area contributed by atoms with Crippen LogP contribution in [0.3, 0.4) is 0 Å². The van der Waals surface area contributed by atoms with Gasteiger partial charge in [-0.2, -0.15) is 0 Å². The first kappa shape index (κ1) is 10.2. The smallest absolute Gasteiger partial charge is 0.177 e. The summed E-state index contributed by atoms with van der Waals surface area (Å²) in [5, 5.41) is 1.35. The Labute approximate surface area is 108 Å². The third-order valence-electron chi connectivity index (χ3n) is 3.97. The van der Waals surface area contributed by atoms with Crippen LogP contribution in [0.5, 0.6) is 11.5 Å². The molecule has 2 aromatic carbocycles. The van der Waals surface area contributed by atoms with Crippen LogP contribution in [0.15, 0.2) is 54.6 Å². The molecule has 2 aromatic rings. The molecular weight excluding hydrogens is 240 g/mol. The molecule has 4 rings (SSSR count). The maximum Gasteiger partial charge on any atom is 0.177 e. The number of para-hydroxylation sites is 2. The van der Waals surface area contributed by atoms with Gasteiger partial charge in [0.15, 0.2) is 20.3 Å². The van der Waals surface area contributed by atoms with Crippen molar-refractivity contribution in [3.8, 4) is 11.5 Å². The Morgan fingerprint density at radius 2 is 1.61 bits per heavy atom. The molecule has 1 fully saturated rings. The van der Waals surface area contributed by atoms with E-state index in [1.54, 1.807) is 0 Å². The van der Waals surface area contributed by atoms with Gasteiger partial charge in [-0.25, -0.2) is 0 Å². The summed E-state index contributed by atoms with van der Waals surface area (Å²) in [6.07, 6.45) is 0. The molecule has 2 nitrogen and oxygen atoms in total. The van der Waals surface area contributed by atoms with E-state index >= 15 is 0 Å². The first-order valence-corrected chi connectivity index (χ1v) is 8.11. The van der Waals surface area contributed by atoms with Gasteiger partial charge in [-0.05, 0) is 19.1 Å². The minimum absolute atomic E-state index is 0.0737. The second kappa shape index (κ2) is 3.39. The summed E-state index contributed by atoms with van der Waals surface area (Å²) in [4.78, 5) is 0. The lowest BCUT2D eigenvalue weighted by molar-refractivity contribution is 0.100. The van der Waals surface area contributed by atoms with E-state index in [4.69, 9.17) is 9.47 Å². The molecule has 3 heteroatoms. The molecule has 0 aliphatic carbocycles. The Balaban J connectivity index is 1.71. The third kappa shape index (κ3) is 1.28. The molecule has 0 radical (unpaired) electrons. The maximum absolute atomic E-state index is 6.20. The molecule has 2 heterocycles. The van der Waals surface area contributed by atoms with Crippen LogP contribution in [-0.4, -0.2) is 19.7 Å². The molecular formula is C15H14O2Si. The van der Waals surface area contributed by atoms with Crippen LogP contribution >= 0.6 is 0 Å². The van der Waals surface area contributed by atoms with Crippen molar-refractivity contribution in [2.75, 3.05) is 0 Å². The SMILES string of the molecule is CC12Oc3ccccc3OC1[SiH]2c1ccccc1. The van der Waals surface area contributed by atoms with E-state index in [0.29, 0.717) is 0 Å². The lowest BCUT2D eigenvalue weighted by atomic mass is 10.3. The number of hydrogen-bond acceptors (Lipinski definition) is 2. The first-order valence-electron chi connectivity index (χ1n) is 6.29. The van der Waals surface area contributed by atoms with E-state index in [9.17, 15) is 0 Å². The average Bonchev–Trinajstić information content (AvgIpc) is 3.01. The highest BCUT2D eigenvalue weighted by Gasteiger charge is 2.70. The van der Waals surface area contributed by atoms with E-state index in [1.165, 1.54) is 5.19 Å². The van der Waals surface area contributed by atoms with Crippen molar-refractivity contribution >= 4 is 14.0 Å². The zero-order valence-electron chi connectivity index (χ0n) is 10.2. The van der Waals surface area contributed by atoms with Gasteiger partial charge in [-0.3, -0.25) is 0 Å². The predicted octanol–water partition coefficient (Wildman–Crippen LogP) is 1.81. The topological polar surface area (TPSA) is 18.5 Å². The molecule has 2 aliphatic rings. The summed E-state index contributed by atoms with van der Waals surface area (Å²) < 4.78 is 12.3. The second-order valence-electron chi connectivity index (χ2n) is 5.16. The molecule has 2 aliphatic heterocycles. The molecule has 90 valence electrons. The lowest BCUT2D eigenvalue weighted by Crippen LogP contribution is -2.30. The highest BCUT2D eigenvalue weighted by atomic mass is 28.3. The van der Waals surface area contributed by atoms with E-state index in [2.05, 4.69) is 37.3 Å². The summed E-state index contributed by atoms with van der Waals surface area (Å²) >= 11 is 0. The van der Waals surface area contributed by atoms with Gasteiger partial charge >= 0.3 is 0 Å². The van der Waals surface area contributed by atoms with Gasteiger partial charge in [0.1, 0.15) is 11.0 Å². The van der Waals surface area contributed by atoms with Gasteiger partial charge < -0.3 is 9.47 Å². The van der Waals surface area contributed by atoms with Crippen molar-refractivity contribution in [1.82, 2.24) is 0 Å². The summed E-state index contributed by atoms with van der Waals surface area (Å²) in [6.45, 7) is 2.19. The number of rotatable bonds is 1. The van der Waals surface area contributed by atoms with Crippen LogP contribution in [0.4, 0.5) is 0 Å². The molecule has 3 atom stereocenters. The normalized spacial score (nSPS) is 31.6. The Morgan fingerprint density at radius 1 is 0.944 bits per heavy atom. The third-order valence-corrected chi connectivity index (χ3v) is 7.75. The average molecular weight is 254 g/mol. The van der Waals surface area contributed by atoms with Gasteiger partial charge in [0.05, 0.1) is 0 Å². The monoisotopic (exact) mass is 254 g/mol. The Hall–Kier alpha value is -1.74. The lowest BCUT2D eigenvalue weighted by Gasteiger charge is -2.23. The molecule has 1 saturated heterocycles. The van der Waals surface area contributed by atoms with Gasteiger partial charge in [-0.1, -0.05) is 47.7 Å². The van der Waals surface area contributed by atoms with Crippen LogP contribution in [0, 0.1) is 0 Å². The van der Waals surface area contributed by atoms with Crippen molar-refractivity contribution in [2.45, 2.75) is 17.9 Å². The van der Waals surface area contributed by atoms with Gasteiger partial charge in [0.25, 0.3) is 0 Å². The predicted molar refractivity (Wildman–Crippen MR) is 73.1 cm³/mol. The first-order chi connectivity index (χ1) is 8.79. The highest BCUT2D eigenvalue weighted by Crippen LogP contribution is 2.49. The molecule has 0 amide bonds. The van der Waals surface area contributed by atoms with Gasteiger partial charge in [-0.15, -0.1) is 0 Å². The Kier molecular flexibility index (Phi) is 1.92. The minimum Gasteiger partial charge on any atom is -0.486 e. The number of ether oxygens (including phenoxy) is 2. The van der Waals surface area contributed by atoms with E-state index in [-0.39, 0.29) is 11.0 Å². The Bertz CT molecular complexity index is 598. The van der Waals surface area contributed by atoms with Crippen LogP contribution in [0.1, 0.15) is 6.92 Å². The van der Waals surface area contributed by atoms with Crippen molar-refractivity contribution < 1.29 is 9.47 Å². The summed E-state index contributed by atoms with van der Waals surface area (Å²) in [5.41, 5.74) is 0.273. The Morgan fingerprint density at radius 3 is 2.39 bits per heavy atom. The van der Waals surface area contributed by atoms with Crippen molar-refractivity contribution in [3.05, 3.63) is 54.6 Å². The van der Waals surface area contributed by atoms with Crippen molar-refractivity contribution in [3.63, 3.8) is 0 Å². The van der Waals surface area contributed by atoms with E-state index < -0.39 is 8.80 Å². The van der Waals surface area contributed by atoms with Gasteiger partial charge in [0, 0.05) is 0 Å². The summed E-state index contributed by atoms with van der Waals surface area (Å²) in [7, 11) is -1.19. The fourth-order valence-corrected chi connectivity index (χ4v) is 6.44. The zero-order chi connectivity index (χ0) is 12.2. The van der Waals surface area contributed by atoms with Crippen LogP contribution in [0.2, 0.25) is 0 Å². The van der Waals surface area contributed by atoms with Gasteiger partial charge in [0.2, 0.25) is 0 Å². The maximum atomic E-state index is 6.20. The van der Waals surface area contributed by atoms with Crippen molar-refractivity contribution in [2.24, 2.45) is 0 Å². The number of benzene rings is 2. The second-order valence-corrected chi connectivity index (χ2v) is 8.53. The largest absolute Gasteiger partial charge is 0.486 e. The molecule has 0 aromatic heterocycles. The highest BCUT2D eigenvalue weighted by molar-refractivity contribution is 6.87. The molecule has 0 spiro atoms. The quantitative estimate of drug-likeness (QED) is 0.723. The number of fused-ring (bicyclic) bond motifs is 2. The van der Waals surface area contributed by atoms with Crippen LogP contribution < -0.4 is 14.7 Å². The summed E-state index contributed by atoms with van der Waals surface area (Å²) in [5.74, 6) is 1.79. The zero-order valence-corrected chi connectivity index (χ0v) is 11.3. The van der Waals surface area contributed by atoms with E-state index in [1.807, 2.05) is 24.3 Å². The van der Waals surface area contributed by atoms with E-state index in [0.717, 1.165) is 11.5 Å². The molecule has 0 bridgehead atoms. The van der Waals surface area contributed by atoms with Crippen LogP contribution in [-0.2, 0) is 0 Å². The van der Waals surface area contributed by atoms with Crippen LogP contribution in [0.25, 0.3) is 0 Å². The molecule has 0 saturated carbocycles. The molecule has 18 heavy (non-hydrogen) atoms. The molecule has 0 N–H and O–H groups in total. The molecule has 3 unspecified atom stereocenters. The summed E-state index contributed by atoms with van der Waals surface area (Å²) in [6, 6.07) is 18.6.